The average Bonchev–Trinajstić information content (AvgIpc) is 2.90. The van der Waals surface area contributed by atoms with Gasteiger partial charge in [0, 0.05) is 37.6 Å². The number of hydrogen-bond donors (Lipinski definition) is 1. The predicted octanol–water partition coefficient (Wildman–Crippen LogP) is 4.65. The van der Waals surface area contributed by atoms with Crippen molar-refractivity contribution in [3.8, 4) is 0 Å². The summed E-state index contributed by atoms with van der Waals surface area (Å²) in [4.78, 5) is 29.3. The zero-order valence-electron chi connectivity index (χ0n) is 23.8. The molecule has 41 heavy (non-hydrogen) atoms. The highest BCUT2D eigenvalue weighted by atomic mass is 35.5. The highest BCUT2D eigenvalue weighted by Gasteiger charge is 2.36. The Kier molecular flexibility index (Phi) is 10.5. The number of halogens is 2. The Bertz CT molecular complexity index is 1450. The topological polar surface area (TPSA) is 90.0 Å². The molecule has 11 heteroatoms. The molecule has 1 atom stereocenters. The number of anilines is 1. The number of benzene rings is 3. The second-order valence-corrected chi connectivity index (χ2v) is 13.3. The van der Waals surface area contributed by atoms with Crippen LogP contribution < -0.4 is 9.62 Å². The molecule has 2 amide bonds. The molecule has 0 saturated heterocycles. The molecule has 0 aromatic heterocycles. The molecule has 1 N–H and O–H groups in total. The van der Waals surface area contributed by atoms with Crippen molar-refractivity contribution < 1.29 is 22.4 Å². The summed E-state index contributed by atoms with van der Waals surface area (Å²) in [5, 5.41) is 3.37. The average molecular weight is 603 g/mol. The van der Waals surface area contributed by atoms with E-state index in [4.69, 9.17) is 11.6 Å². The molecule has 0 spiro atoms. The van der Waals surface area contributed by atoms with Crippen LogP contribution in [0.5, 0.6) is 0 Å². The van der Waals surface area contributed by atoms with E-state index in [1.165, 1.54) is 31.1 Å². The molecule has 3 aromatic rings. The van der Waals surface area contributed by atoms with Crippen LogP contribution in [0, 0.1) is 5.82 Å². The molecule has 220 valence electrons. The van der Waals surface area contributed by atoms with Gasteiger partial charge in [0.2, 0.25) is 11.8 Å². The monoisotopic (exact) mass is 602 g/mol. The molecule has 0 unspecified atom stereocenters. The fourth-order valence-electron chi connectivity index (χ4n) is 4.14. The molecule has 3 aromatic carbocycles. The van der Waals surface area contributed by atoms with Gasteiger partial charge in [-0.25, -0.2) is 8.70 Å². The lowest BCUT2D eigenvalue weighted by Gasteiger charge is -2.36. The fraction of sp³-hybridized carbons (Fsp3) is 0.333. The van der Waals surface area contributed by atoms with Gasteiger partial charge in [-0.05, 0) is 62.2 Å². The van der Waals surface area contributed by atoms with E-state index in [0.29, 0.717) is 10.6 Å². The van der Waals surface area contributed by atoms with Gasteiger partial charge in [-0.3, -0.25) is 9.59 Å². The van der Waals surface area contributed by atoms with Crippen molar-refractivity contribution in [2.45, 2.75) is 45.3 Å². The molecule has 8 nitrogen and oxygen atoms in total. The molecule has 0 fully saturated rings. The summed E-state index contributed by atoms with van der Waals surface area (Å²) >= 11 is 6.47. The molecular formula is C30H36ClFN4O4S. The Balaban J connectivity index is 2.12. The first-order valence-electron chi connectivity index (χ1n) is 13.0. The number of amides is 2. The maximum absolute atomic E-state index is 14.2. The third-order valence-corrected chi connectivity index (χ3v) is 8.39. The van der Waals surface area contributed by atoms with E-state index in [2.05, 4.69) is 5.32 Å². The number of rotatable bonds is 11. The van der Waals surface area contributed by atoms with Crippen molar-refractivity contribution in [2.24, 2.45) is 0 Å². The van der Waals surface area contributed by atoms with Crippen LogP contribution in [-0.4, -0.2) is 61.7 Å². The van der Waals surface area contributed by atoms with Crippen LogP contribution in [0.4, 0.5) is 10.1 Å². The highest BCUT2D eigenvalue weighted by molar-refractivity contribution is 7.90. The molecule has 3 rings (SSSR count). The molecule has 0 aliphatic carbocycles. The van der Waals surface area contributed by atoms with Gasteiger partial charge in [0.05, 0.1) is 5.69 Å². The van der Waals surface area contributed by atoms with E-state index in [1.54, 1.807) is 24.3 Å². The van der Waals surface area contributed by atoms with Gasteiger partial charge in [0.25, 0.3) is 0 Å². The van der Waals surface area contributed by atoms with Crippen LogP contribution in [0.2, 0.25) is 5.02 Å². The second kappa shape index (κ2) is 13.5. The van der Waals surface area contributed by atoms with Gasteiger partial charge >= 0.3 is 10.2 Å². The molecule has 0 bridgehead atoms. The van der Waals surface area contributed by atoms with Crippen LogP contribution in [0.3, 0.4) is 0 Å². The van der Waals surface area contributed by atoms with Crippen molar-refractivity contribution >= 4 is 39.3 Å². The van der Waals surface area contributed by atoms with E-state index in [9.17, 15) is 22.4 Å². The van der Waals surface area contributed by atoms with Crippen LogP contribution in [0.15, 0.2) is 78.9 Å². The summed E-state index contributed by atoms with van der Waals surface area (Å²) in [6, 6.07) is 20.0. The maximum Gasteiger partial charge on any atom is 0.304 e. The predicted molar refractivity (Wildman–Crippen MR) is 160 cm³/mol. The summed E-state index contributed by atoms with van der Waals surface area (Å²) in [5.74, 6) is -1.58. The fourth-order valence-corrected chi connectivity index (χ4v) is 5.39. The van der Waals surface area contributed by atoms with Crippen LogP contribution >= 0.6 is 11.6 Å². The normalized spacial score (nSPS) is 12.6. The van der Waals surface area contributed by atoms with E-state index in [1.807, 2.05) is 51.1 Å². The van der Waals surface area contributed by atoms with Gasteiger partial charge in [-0.2, -0.15) is 12.7 Å². The molecule has 0 radical (unpaired) electrons. The number of carbonyl (C=O) groups is 2. The van der Waals surface area contributed by atoms with Crippen molar-refractivity contribution in [3.63, 3.8) is 0 Å². The highest BCUT2D eigenvalue weighted by Crippen LogP contribution is 2.24. The first kappa shape index (κ1) is 32.0. The van der Waals surface area contributed by atoms with Crippen molar-refractivity contribution in [2.75, 3.05) is 24.9 Å². The lowest BCUT2D eigenvalue weighted by molar-refractivity contribution is -0.140. The number of carbonyl (C=O) groups excluding carboxylic acids is 2. The summed E-state index contributed by atoms with van der Waals surface area (Å²) in [6.07, 6.45) is 0.177. The van der Waals surface area contributed by atoms with Gasteiger partial charge in [-0.1, -0.05) is 60.1 Å². The standard InChI is InChI=1S/C30H36ClFN4O4S/c1-30(2,3)33-29(38)27(19-22-11-7-6-8-12-22)35(20-23-13-9-10-14-26(23)31)28(37)21-36(41(39,40)34(4)5)25-17-15-24(32)16-18-25/h6-18,27H,19-21H2,1-5H3,(H,33,38)/t27-/m1/s1. The zero-order chi connectivity index (χ0) is 30.4. The summed E-state index contributed by atoms with van der Waals surface area (Å²) in [5.41, 5.74) is 0.909. The number of nitrogens with one attached hydrogen (secondary N) is 1. The van der Waals surface area contributed by atoms with E-state index < -0.39 is 46.0 Å². The van der Waals surface area contributed by atoms with Crippen molar-refractivity contribution in [3.05, 3.63) is 101 Å². The minimum absolute atomic E-state index is 0.0488. The number of hydrogen-bond acceptors (Lipinski definition) is 4. The quantitative estimate of drug-likeness (QED) is 0.346. The van der Waals surface area contributed by atoms with Crippen LogP contribution in [-0.2, 0) is 32.8 Å². The van der Waals surface area contributed by atoms with Crippen LogP contribution in [0.1, 0.15) is 31.9 Å². The van der Waals surface area contributed by atoms with E-state index >= 15 is 0 Å². The minimum Gasteiger partial charge on any atom is -0.350 e. The molecule has 0 aliphatic heterocycles. The zero-order valence-corrected chi connectivity index (χ0v) is 25.4. The lowest BCUT2D eigenvalue weighted by atomic mass is 10.0. The van der Waals surface area contributed by atoms with E-state index in [-0.39, 0.29) is 18.7 Å². The van der Waals surface area contributed by atoms with Gasteiger partial charge < -0.3 is 10.2 Å². The Morgan fingerprint density at radius 2 is 1.51 bits per heavy atom. The largest absolute Gasteiger partial charge is 0.350 e. The maximum atomic E-state index is 14.2. The third kappa shape index (κ3) is 8.76. The Morgan fingerprint density at radius 1 is 0.927 bits per heavy atom. The summed E-state index contributed by atoms with van der Waals surface area (Å²) < 4.78 is 42.3. The smallest absolute Gasteiger partial charge is 0.304 e. The molecule has 0 saturated carbocycles. The van der Waals surface area contributed by atoms with Gasteiger partial charge in [0.1, 0.15) is 18.4 Å². The summed E-state index contributed by atoms with van der Waals surface area (Å²) in [6.45, 7) is 4.83. The molecule has 0 aliphatic rings. The van der Waals surface area contributed by atoms with E-state index in [0.717, 1.165) is 26.3 Å². The van der Waals surface area contributed by atoms with Crippen molar-refractivity contribution in [1.29, 1.82) is 0 Å². The molecular weight excluding hydrogens is 567 g/mol. The van der Waals surface area contributed by atoms with Crippen LogP contribution in [0.25, 0.3) is 0 Å². The Hall–Kier alpha value is -3.47. The molecule has 0 heterocycles. The number of nitrogens with zero attached hydrogens (tertiary/aromatic N) is 3. The first-order chi connectivity index (χ1) is 19.2. The minimum atomic E-state index is -4.18. The van der Waals surface area contributed by atoms with Gasteiger partial charge in [0.15, 0.2) is 0 Å². The van der Waals surface area contributed by atoms with Gasteiger partial charge in [-0.15, -0.1) is 0 Å². The second-order valence-electron chi connectivity index (χ2n) is 10.8. The Morgan fingerprint density at radius 3 is 2.07 bits per heavy atom. The lowest BCUT2D eigenvalue weighted by Crippen LogP contribution is -2.56. The SMILES string of the molecule is CN(C)S(=O)(=O)N(CC(=O)N(Cc1ccccc1Cl)[C@H](Cc1ccccc1)C(=O)NC(C)(C)C)c1ccc(F)cc1. The Labute approximate surface area is 246 Å². The van der Waals surface area contributed by atoms with Crippen molar-refractivity contribution in [1.82, 2.24) is 14.5 Å². The third-order valence-electron chi connectivity index (χ3n) is 6.20. The summed E-state index contributed by atoms with van der Waals surface area (Å²) in [7, 11) is -1.50. The first-order valence-corrected chi connectivity index (χ1v) is 14.8.